The molecule has 1 heterocycles. The summed E-state index contributed by atoms with van der Waals surface area (Å²) in [6.07, 6.45) is 1.16. The third-order valence-corrected chi connectivity index (χ3v) is 2.45. The number of halogens is 1. The molecule has 92 valence electrons. The Morgan fingerprint density at radius 1 is 1.28 bits per heavy atom. The molecule has 0 amide bonds. The van der Waals surface area contributed by atoms with Gasteiger partial charge in [0.2, 0.25) is 0 Å². The van der Waals surface area contributed by atoms with Crippen molar-refractivity contribution in [2.75, 3.05) is 0 Å². The molecule has 0 aliphatic carbocycles. The first kappa shape index (κ1) is 12.1. The molecule has 1 aromatic carbocycles. The number of benzene rings is 1. The summed E-state index contributed by atoms with van der Waals surface area (Å²) in [7, 11) is 0. The highest BCUT2D eigenvalue weighted by Crippen LogP contribution is 2.25. The van der Waals surface area contributed by atoms with E-state index in [4.69, 9.17) is 11.6 Å². The largest absolute Gasteiger partial charge is 0.333 e. The molecule has 0 unspecified atom stereocenters. The first-order chi connectivity index (χ1) is 8.49. The molecule has 0 saturated carbocycles. The van der Waals surface area contributed by atoms with Crippen LogP contribution in [0.25, 0.3) is 5.69 Å². The minimum atomic E-state index is -0.757. The van der Waals surface area contributed by atoms with Gasteiger partial charge in [-0.25, -0.2) is 4.79 Å². The van der Waals surface area contributed by atoms with E-state index in [1.54, 1.807) is 0 Å². The Bertz CT molecular complexity index is 734. The lowest BCUT2D eigenvalue weighted by molar-refractivity contribution is -0.384. The average Bonchev–Trinajstić information content (AvgIpc) is 2.29. The predicted molar refractivity (Wildman–Crippen MR) is 64.3 cm³/mol. The van der Waals surface area contributed by atoms with Crippen LogP contribution >= 0.6 is 11.6 Å². The molecule has 0 radical (unpaired) electrons. The molecule has 2 rings (SSSR count). The number of aromatic nitrogens is 2. The Labute approximate surface area is 104 Å². The maximum atomic E-state index is 11.6. The fourth-order valence-corrected chi connectivity index (χ4v) is 1.62. The van der Waals surface area contributed by atoms with Crippen molar-refractivity contribution >= 4 is 17.3 Å². The van der Waals surface area contributed by atoms with E-state index in [1.807, 2.05) is 4.98 Å². The van der Waals surface area contributed by atoms with Crippen molar-refractivity contribution in [1.29, 1.82) is 0 Å². The number of nitrogens with one attached hydrogen (secondary N) is 1. The van der Waals surface area contributed by atoms with Gasteiger partial charge in [0.05, 0.1) is 4.92 Å². The Hall–Kier alpha value is -2.41. The lowest BCUT2D eigenvalue weighted by Crippen LogP contribution is -2.27. The summed E-state index contributed by atoms with van der Waals surface area (Å²) in [5, 5.41) is 11.1. The highest BCUT2D eigenvalue weighted by atomic mass is 35.5. The minimum Gasteiger partial charge on any atom is -0.274 e. The van der Waals surface area contributed by atoms with Gasteiger partial charge >= 0.3 is 5.69 Å². The molecule has 0 aliphatic heterocycles. The van der Waals surface area contributed by atoms with Gasteiger partial charge in [0.25, 0.3) is 11.2 Å². The van der Waals surface area contributed by atoms with Gasteiger partial charge < -0.3 is 0 Å². The monoisotopic (exact) mass is 267 g/mol. The summed E-state index contributed by atoms with van der Waals surface area (Å²) in [6.45, 7) is 0. The first-order valence-electron chi connectivity index (χ1n) is 4.75. The van der Waals surface area contributed by atoms with Gasteiger partial charge in [-0.05, 0) is 12.1 Å². The lowest BCUT2D eigenvalue weighted by atomic mass is 10.2. The number of hydrogen-bond donors (Lipinski definition) is 1. The topological polar surface area (TPSA) is 98.0 Å². The summed E-state index contributed by atoms with van der Waals surface area (Å²) in [5.74, 6) is 0. The fourth-order valence-electron chi connectivity index (χ4n) is 1.45. The summed E-state index contributed by atoms with van der Waals surface area (Å²) < 4.78 is 0.968. The third-order valence-electron chi connectivity index (χ3n) is 2.22. The molecule has 1 N–H and O–H groups in total. The highest BCUT2D eigenvalue weighted by molar-refractivity contribution is 6.30. The van der Waals surface area contributed by atoms with Crippen LogP contribution in [0.5, 0.6) is 0 Å². The predicted octanol–water partition coefficient (Wildman–Crippen LogP) is 1.09. The van der Waals surface area contributed by atoms with Gasteiger partial charge in [-0.1, -0.05) is 11.6 Å². The van der Waals surface area contributed by atoms with Gasteiger partial charge in [0.1, 0.15) is 5.69 Å². The Morgan fingerprint density at radius 3 is 2.61 bits per heavy atom. The van der Waals surface area contributed by atoms with Crippen LogP contribution in [-0.2, 0) is 0 Å². The van der Waals surface area contributed by atoms with Crippen LogP contribution in [0.2, 0.25) is 5.02 Å². The molecule has 1 aromatic heterocycles. The van der Waals surface area contributed by atoms with E-state index >= 15 is 0 Å². The Balaban J connectivity index is 2.75. The molecule has 0 bridgehead atoms. The van der Waals surface area contributed by atoms with Crippen LogP contribution in [0.1, 0.15) is 0 Å². The normalized spacial score (nSPS) is 10.3. The Kier molecular flexibility index (Phi) is 2.99. The van der Waals surface area contributed by atoms with Crippen LogP contribution in [0, 0.1) is 10.1 Å². The minimum absolute atomic E-state index is 0.0330. The number of nitro benzene ring substituents is 1. The van der Waals surface area contributed by atoms with Crippen molar-refractivity contribution in [2.24, 2.45) is 0 Å². The zero-order valence-corrected chi connectivity index (χ0v) is 9.55. The summed E-state index contributed by atoms with van der Waals surface area (Å²) in [4.78, 5) is 34.7. The van der Waals surface area contributed by atoms with E-state index in [9.17, 15) is 19.7 Å². The van der Waals surface area contributed by atoms with Crippen molar-refractivity contribution < 1.29 is 4.92 Å². The number of hydrogen-bond acceptors (Lipinski definition) is 4. The van der Waals surface area contributed by atoms with E-state index in [2.05, 4.69) is 0 Å². The smallest absolute Gasteiger partial charge is 0.274 e. The number of aromatic amines is 1. The van der Waals surface area contributed by atoms with Crippen LogP contribution in [0.4, 0.5) is 5.69 Å². The van der Waals surface area contributed by atoms with Gasteiger partial charge in [-0.15, -0.1) is 0 Å². The fraction of sp³-hybridized carbons (Fsp3) is 0. The SMILES string of the molecule is O=c1ccn(-c2ccc(Cl)cc2[N+](=O)[O-])c(=O)[nH]1. The van der Waals surface area contributed by atoms with E-state index < -0.39 is 16.2 Å². The third kappa shape index (κ3) is 2.16. The maximum absolute atomic E-state index is 11.6. The van der Waals surface area contributed by atoms with Crippen molar-refractivity contribution in [2.45, 2.75) is 0 Å². The molecule has 18 heavy (non-hydrogen) atoms. The molecule has 2 aromatic rings. The van der Waals surface area contributed by atoms with Crippen molar-refractivity contribution in [1.82, 2.24) is 9.55 Å². The second kappa shape index (κ2) is 4.46. The quantitative estimate of drug-likeness (QED) is 0.650. The summed E-state index contributed by atoms with van der Waals surface area (Å²) >= 11 is 5.66. The van der Waals surface area contributed by atoms with Crippen LogP contribution in [0.15, 0.2) is 40.1 Å². The molecule has 0 aliphatic rings. The second-order valence-electron chi connectivity index (χ2n) is 3.37. The molecule has 8 heteroatoms. The van der Waals surface area contributed by atoms with E-state index in [0.29, 0.717) is 0 Å². The standard InChI is InChI=1S/C10H6ClN3O4/c11-6-1-2-7(8(5-6)14(17)18)13-4-3-9(15)12-10(13)16/h1-5H,(H,12,15,16). The summed E-state index contributed by atoms with van der Waals surface area (Å²) in [6, 6.07) is 4.98. The molecule has 0 spiro atoms. The number of H-pyrrole nitrogens is 1. The highest BCUT2D eigenvalue weighted by Gasteiger charge is 2.16. The second-order valence-corrected chi connectivity index (χ2v) is 3.81. The van der Waals surface area contributed by atoms with Crippen LogP contribution < -0.4 is 11.2 Å². The maximum Gasteiger partial charge on any atom is 0.333 e. The summed E-state index contributed by atoms with van der Waals surface area (Å²) in [5.41, 5.74) is -1.62. The van der Waals surface area contributed by atoms with Crippen LogP contribution in [-0.4, -0.2) is 14.5 Å². The average molecular weight is 268 g/mol. The van der Waals surface area contributed by atoms with E-state index in [-0.39, 0.29) is 16.4 Å². The zero-order valence-electron chi connectivity index (χ0n) is 8.79. The van der Waals surface area contributed by atoms with E-state index in [0.717, 1.165) is 22.9 Å². The molecular weight excluding hydrogens is 262 g/mol. The van der Waals surface area contributed by atoms with Crippen molar-refractivity contribution in [3.63, 3.8) is 0 Å². The van der Waals surface area contributed by atoms with Gasteiger partial charge in [0.15, 0.2) is 0 Å². The van der Waals surface area contributed by atoms with Crippen molar-refractivity contribution in [3.8, 4) is 5.69 Å². The van der Waals surface area contributed by atoms with E-state index in [1.165, 1.54) is 12.1 Å². The number of rotatable bonds is 2. The van der Waals surface area contributed by atoms with Crippen LogP contribution in [0.3, 0.4) is 0 Å². The Morgan fingerprint density at radius 2 is 2.00 bits per heavy atom. The first-order valence-corrected chi connectivity index (χ1v) is 5.13. The molecule has 7 nitrogen and oxygen atoms in total. The van der Waals surface area contributed by atoms with Gasteiger partial charge in [0, 0.05) is 23.4 Å². The zero-order chi connectivity index (χ0) is 13.3. The molecule has 0 saturated heterocycles. The molecule has 0 atom stereocenters. The molecular formula is C10H6ClN3O4. The van der Waals surface area contributed by atoms with Crippen molar-refractivity contribution in [3.05, 3.63) is 66.4 Å². The molecule has 0 fully saturated rings. The lowest BCUT2D eigenvalue weighted by Gasteiger charge is -2.05. The number of nitro groups is 1. The number of nitrogens with zero attached hydrogens (tertiary/aromatic N) is 2. The van der Waals surface area contributed by atoms with Gasteiger partial charge in [-0.2, -0.15) is 0 Å². The van der Waals surface area contributed by atoms with Gasteiger partial charge in [-0.3, -0.25) is 24.5 Å².